The highest BCUT2D eigenvalue weighted by Crippen LogP contribution is 2.33. The van der Waals surface area contributed by atoms with Gasteiger partial charge in [0.15, 0.2) is 11.5 Å². The smallest absolute Gasteiger partial charge is 0.239 e. The Kier molecular flexibility index (Phi) is 9.81. The molecule has 210 valence electrons. The predicted octanol–water partition coefficient (Wildman–Crippen LogP) is 1.85. The minimum absolute atomic E-state index is 0.0363. The van der Waals surface area contributed by atoms with Gasteiger partial charge >= 0.3 is 0 Å². The number of ether oxygens (including phenoxy) is 2. The zero-order valence-corrected chi connectivity index (χ0v) is 22.5. The van der Waals surface area contributed by atoms with E-state index >= 15 is 0 Å². The number of hydrogen-bond donors (Lipinski definition) is 2. The van der Waals surface area contributed by atoms with Gasteiger partial charge in [0.2, 0.25) is 25.0 Å². The third kappa shape index (κ3) is 7.58. The first-order valence-corrected chi connectivity index (χ1v) is 13.7. The third-order valence-electron chi connectivity index (χ3n) is 7.74. The van der Waals surface area contributed by atoms with E-state index in [2.05, 4.69) is 10.3 Å². The number of carbonyl (C=O) groups excluding carboxylic acids is 3. The number of rotatable bonds is 12. The molecule has 1 saturated carbocycles. The maximum absolute atomic E-state index is 13.2. The van der Waals surface area contributed by atoms with Crippen molar-refractivity contribution in [3.8, 4) is 11.5 Å². The molecule has 2 fully saturated rings. The average Bonchev–Trinajstić information content (AvgIpc) is 3.60. The molecule has 1 atom stereocenters. The lowest BCUT2D eigenvalue weighted by molar-refractivity contribution is -0.156. The van der Waals surface area contributed by atoms with E-state index in [1.54, 1.807) is 5.01 Å². The first kappa shape index (κ1) is 28.1. The van der Waals surface area contributed by atoms with E-state index in [0.717, 1.165) is 62.4 Å². The fourth-order valence-electron chi connectivity index (χ4n) is 5.46. The van der Waals surface area contributed by atoms with Gasteiger partial charge in [-0.2, -0.15) is 0 Å². The van der Waals surface area contributed by atoms with E-state index in [4.69, 9.17) is 9.47 Å². The van der Waals surface area contributed by atoms with Crippen molar-refractivity contribution in [3.05, 3.63) is 23.8 Å². The molecule has 4 rings (SSSR count). The van der Waals surface area contributed by atoms with Gasteiger partial charge in [-0.05, 0) is 43.9 Å². The van der Waals surface area contributed by atoms with Gasteiger partial charge in [-0.3, -0.25) is 29.9 Å². The quantitative estimate of drug-likeness (QED) is 0.239. The predicted molar refractivity (Wildman–Crippen MR) is 139 cm³/mol. The molecule has 2 N–H and O–H groups in total. The van der Waals surface area contributed by atoms with E-state index in [1.807, 2.05) is 36.9 Å². The molecule has 0 spiro atoms. The Balaban J connectivity index is 1.27. The molecule has 11 nitrogen and oxygen atoms in total. The van der Waals surface area contributed by atoms with Crippen LogP contribution in [0.4, 0.5) is 0 Å². The molecule has 0 bridgehead atoms. The number of benzene rings is 1. The number of hydroxylamine groups is 2. The first-order valence-electron chi connectivity index (χ1n) is 13.7. The second kappa shape index (κ2) is 13.3. The normalized spacial score (nSPS) is 18.7. The zero-order chi connectivity index (χ0) is 27.1. The minimum atomic E-state index is -0.538. The molecule has 1 saturated heterocycles. The molecule has 2 heterocycles. The van der Waals surface area contributed by atoms with Crippen LogP contribution >= 0.6 is 0 Å². The highest BCUT2D eigenvalue weighted by molar-refractivity contribution is 5.81. The number of fused-ring (bicyclic) bond motifs is 1. The lowest BCUT2D eigenvalue weighted by Gasteiger charge is -2.36. The van der Waals surface area contributed by atoms with Crippen LogP contribution in [0.25, 0.3) is 0 Å². The van der Waals surface area contributed by atoms with Gasteiger partial charge in [-0.15, -0.1) is 0 Å². The number of nitrogens with one attached hydrogen (secondary N) is 1. The largest absolute Gasteiger partial charge is 0.454 e. The summed E-state index contributed by atoms with van der Waals surface area (Å²) in [6.07, 6.45) is 5.34. The number of amides is 3. The summed E-state index contributed by atoms with van der Waals surface area (Å²) in [5, 5.41) is 12.0. The van der Waals surface area contributed by atoms with Crippen LogP contribution in [-0.4, -0.2) is 95.4 Å². The molecule has 0 unspecified atom stereocenters. The summed E-state index contributed by atoms with van der Waals surface area (Å²) in [7, 11) is 0. The molecule has 2 aliphatic heterocycles. The van der Waals surface area contributed by atoms with E-state index < -0.39 is 5.92 Å². The van der Waals surface area contributed by atoms with Crippen LogP contribution in [0.15, 0.2) is 18.2 Å². The monoisotopic (exact) mass is 531 g/mol. The van der Waals surface area contributed by atoms with Gasteiger partial charge in [0, 0.05) is 38.8 Å². The fraction of sp³-hybridized carbons (Fsp3) is 0.667. The molecule has 1 aromatic carbocycles. The third-order valence-corrected chi connectivity index (χ3v) is 7.74. The molecule has 3 aliphatic rings. The van der Waals surface area contributed by atoms with Gasteiger partial charge < -0.3 is 14.4 Å². The van der Waals surface area contributed by atoms with Crippen molar-refractivity contribution in [2.24, 2.45) is 11.8 Å². The molecule has 38 heavy (non-hydrogen) atoms. The number of piperazine rings is 1. The lowest BCUT2D eigenvalue weighted by atomic mass is 9.92. The first-order chi connectivity index (χ1) is 18.3. The number of hydrogen-bond acceptors (Lipinski definition) is 8. The van der Waals surface area contributed by atoms with Crippen LogP contribution in [-0.2, 0) is 20.9 Å². The fourth-order valence-corrected chi connectivity index (χ4v) is 5.46. The standard InChI is InChI=1S/C27H41N5O6/c1-20(2)32(28-27(35)23(16-31(36)18-33)13-21-5-3-4-6-21)17-26(34)30-11-9-29(10-12-30)15-22-7-8-24-25(14-22)38-19-37-24/h7-8,14,18,20-21,23,36H,3-6,9-13,15-17,19H2,1-2H3,(H,28,35)/t23-/m1/s1. The Morgan fingerprint density at radius 3 is 2.53 bits per heavy atom. The van der Waals surface area contributed by atoms with Gasteiger partial charge in [-0.25, -0.2) is 10.1 Å². The maximum Gasteiger partial charge on any atom is 0.239 e. The second-order valence-corrected chi connectivity index (χ2v) is 10.9. The van der Waals surface area contributed by atoms with Crippen molar-refractivity contribution in [2.75, 3.05) is 46.1 Å². The van der Waals surface area contributed by atoms with Crippen molar-refractivity contribution in [1.29, 1.82) is 0 Å². The Labute approximate surface area is 224 Å². The molecular weight excluding hydrogens is 490 g/mol. The van der Waals surface area contributed by atoms with Crippen LogP contribution in [0, 0.1) is 11.8 Å². The van der Waals surface area contributed by atoms with Crippen molar-refractivity contribution < 1.29 is 29.1 Å². The van der Waals surface area contributed by atoms with Crippen molar-refractivity contribution >= 4 is 18.2 Å². The Morgan fingerprint density at radius 1 is 1.13 bits per heavy atom. The summed E-state index contributed by atoms with van der Waals surface area (Å²) in [6, 6.07) is 5.88. The lowest BCUT2D eigenvalue weighted by Crippen LogP contribution is -2.56. The molecule has 0 radical (unpaired) electrons. The van der Waals surface area contributed by atoms with E-state index in [1.165, 1.54) is 0 Å². The van der Waals surface area contributed by atoms with Crippen molar-refractivity contribution in [3.63, 3.8) is 0 Å². The number of carbonyl (C=O) groups is 3. The van der Waals surface area contributed by atoms with E-state index in [0.29, 0.717) is 36.9 Å². The summed E-state index contributed by atoms with van der Waals surface area (Å²) < 4.78 is 10.9. The summed E-state index contributed by atoms with van der Waals surface area (Å²) in [4.78, 5) is 41.5. The number of nitrogens with zero attached hydrogens (tertiary/aromatic N) is 4. The Morgan fingerprint density at radius 2 is 1.84 bits per heavy atom. The van der Waals surface area contributed by atoms with Crippen molar-refractivity contribution in [2.45, 2.75) is 58.5 Å². The SMILES string of the molecule is CC(C)N(CC(=O)N1CCN(Cc2ccc3c(c2)OCO3)CC1)NC(=O)[C@H](CC1CCCC1)CN(O)C=O. The highest BCUT2D eigenvalue weighted by atomic mass is 16.7. The maximum atomic E-state index is 13.2. The molecular formula is C27H41N5O6. The zero-order valence-electron chi connectivity index (χ0n) is 22.5. The molecule has 11 heteroatoms. The minimum Gasteiger partial charge on any atom is -0.454 e. The van der Waals surface area contributed by atoms with E-state index in [9.17, 15) is 19.6 Å². The second-order valence-electron chi connectivity index (χ2n) is 10.9. The molecule has 3 amide bonds. The Hall–Kier alpha value is -2.89. The van der Waals surface area contributed by atoms with Crippen molar-refractivity contribution in [1.82, 2.24) is 25.3 Å². The topological polar surface area (TPSA) is 115 Å². The van der Waals surface area contributed by atoms with Crippen LogP contribution in [0.1, 0.15) is 51.5 Å². The summed E-state index contributed by atoms with van der Waals surface area (Å²) >= 11 is 0. The summed E-state index contributed by atoms with van der Waals surface area (Å²) in [5.74, 6) is 1.11. The van der Waals surface area contributed by atoms with Crippen LogP contribution in [0.2, 0.25) is 0 Å². The average molecular weight is 532 g/mol. The molecule has 0 aromatic heterocycles. The van der Waals surface area contributed by atoms with Gasteiger partial charge in [0.1, 0.15) is 0 Å². The van der Waals surface area contributed by atoms with E-state index in [-0.39, 0.29) is 37.7 Å². The Bertz CT molecular complexity index is 961. The summed E-state index contributed by atoms with van der Waals surface area (Å²) in [6.45, 7) is 7.64. The van der Waals surface area contributed by atoms with Crippen LogP contribution < -0.4 is 14.9 Å². The van der Waals surface area contributed by atoms with Crippen LogP contribution in [0.3, 0.4) is 0 Å². The molecule has 1 aromatic rings. The summed E-state index contributed by atoms with van der Waals surface area (Å²) in [5.41, 5.74) is 4.06. The number of hydrazine groups is 1. The van der Waals surface area contributed by atoms with Gasteiger partial charge in [-0.1, -0.05) is 31.7 Å². The van der Waals surface area contributed by atoms with Crippen LogP contribution in [0.5, 0.6) is 11.5 Å². The highest BCUT2D eigenvalue weighted by Gasteiger charge is 2.30. The van der Waals surface area contributed by atoms with Gasteiger partial charge in [0.05, 0.1) is 19.0 Å². The van der Waals surface area contributed by atoms with Gasteiger partial charge in [0.25, 0.3) is 0 Å². The molecule has 1 aliphatic carbocycles.